The van der Waals surface area contributed by atoms with E-state index in [4.69, 9.17) is 0 Å². The highest BCUT2D eigenvalue weighted by molar-refractivity contribution is 5.94. The van der Waals surface area contributed by atoms with Gasteiger partial charge in [-0.1, -0.05) is 0 Å². The molecule has 0 spiro atoms. The summed E-state index contributed by atoms with van der Waals surface area (Å²) in [5.41, 5.74) is 0.950. The zero-order valence-electron chi connectivity index (χ0n) is 12.7. The van der Waals surface area contributed by atoms with Crippen LogP contribution < -0.4 is 5.43 Å². The fourth-order valence-electron chi connectivity index (χ4n) is 2.62. The Morgan fingerprint density at radius 1 is 1.40 bits per heavy atom. The lowest BCUT2D eigenvalue weighted by Gasteiger charge is -2.36. The number of aromatic nitrogens is 1. The largest absolute Gasteiger partial charge is 0.354 e. The van der Waals surface area contributed by atoms with Gasteiger partial charge in [-0.15, -0.1) is 0 Å². The van der Waals surface area contributed by atoms with Crippen molar-refractivity contribution in [2.75, 3.05) is 27.2 Å². The van der Waals surface area contributed by atoms with Gasteiger partial charge in [-0.3, -0.25) is 9.59 Å². The van der Waals surface area contributed by atoms with Crippen LogP contribution in [-0.4, -0.2) is 53.5 Å². The van der Waals surface area contributed by atoms with Gasteiger partial charge in [0.15, 0.2) is 5.43 Å². The molecule has 0 saturated carbocycles. The minimum atomic E-state index is -0.183. The van der Waals surface area contributed by atoms with Gasteiger partial charge in [-0.2, -0.15) is 0 Å². The average molecular weight is 277 g/mol. The van der Waals surface area contributed by atoms with Gasteiger partial charge < -0.3 is 14.4 Å². The molecule has 0 aliphatic carbocycles. The molecule has 0 bridgehead atoms. The Morgan fingerprint density at radius 2 is 2.10 bits per heavy atom. The molecular formula is C15H23N3O2. The molecule has 1 amide bonds. The normalized spacial score (nSPS) is 19.4. The molecule has 5 heteroatoms. The topological polar surface area (TPSA) is 45.6 Å². The number of amides is 1. The Labute approximate surface area is 119 Å². The smallest absolute Gasteiger partial charge is 0.259 e. The Hall–Kier alpha value is -1.62. The van der Waals surface area contributed by atoms with Gasteiger partial charge in [-0.25, -0.2) is 0 Å². The van der Waals surface area contributed by atoms with E-state index in [2.05, 4.69) is 4.90 Å². The van der Waals surface area contributed by atoms with E-state index in [1.165, 1.54) is 6.07 Å². The first kappa shape index (κ1) is 14.8. The molecule has 20 heavy (non-hydrogen) atoms. The highest BCUT2D eigenvalue weighted by Gasteiger charge is 2.26. The van der Waals surface area contributed by atoms with Gasteiger partial charge in [0.25, 0.3) is 5.91 Å². The molecule has 1 aliphatic heterocycles. The lowest BCUT2D eigenvalue weighted by atomic mass is 10.0. The molecule has 0 radical (unpaired) electrons. The van der Waals surface area contributed by atoms with Crippen molar-refractivity contribution in [1.82, 2.24) is 14.4 Å². The number of carbonyl (C=O) groups excluding carboxylic acids is 1. The van der Waals surface area contributed by atoms with Crippen LogP contribution >= 0.6 is 0 Å². The van der Waals surface area contributed by atoms with Gasteiger partial charge in [0.2, 0.25) is 0 Å². The quantitative estimate of drug-likeness (QED) is 0.805. The van der Waals surface area contributed by atoms with Crippen LogP contribution in [0.4, 0.5) is 0 Å². The summed E-state index contributed by atoms with van der Waals surface area (Å²) in [5.74, 6) is -0.142. The van der Waals surface area contributed by atoms with E-state index in [-0.39, 0.29) is 16.9 Å². The average Bonchev–Trinajstić information content (AvgIpc) is 2.42. The third-order valence-corrected chi connectivity index (χ3v) is 4.13. The molecule has 1 saturated heterocycles. The highest BCUT2D eigenvalue weighted by Crippen LogP contribution is 2.15. The minimum Gasteiger partial charge on any atom is -0.354 e. The number of aryl methyl sites for hydroxylation is 2. The summed E-state index contributed by atoms with van der Waals surface area (Å²) in [5, 5.41) is 0. The molecule has 2 heterocycles. The second kappa shape index (κ2) is 5.79. The minimum absolute atomic E-state index is 0.142. The molecule has 5 nitrogen and oxygen atoms in total. The van der Waals surface area contributed by atoms with Crippen LogP contribution in [0.3, 0.4) is 0 Å². The number of hydrogen-bond acceptors (Lipinski definition) is 3. The summed E-state index contributed by atoms with van der Waals surface area (Å²) in [6.45, 7) is 3.29. The number of nitrogens with zero attached hydrogens (tertiary/aromatic N) is 3. The lowest BCUT2D eigenvalue weighted by Crippen LogP contribution is -2.48. The standard InChI is InChI=1S/C15H23N3O2/c1-11-8-14(19)13(10-17(11)4)15(20)18-7-5-6-12(9-18)16(2)3/h8,10,12H,5-7,9H2,1-4H3/t12-/m1/s1. The van der Waals surface area contributed by atoms with Crippen LogP contribution in [0.25, 0.3) is 0 Å². The predicted molar refractivity (Wildman–Crippen MR) is 79.0 cm³/mol. The van der Waals surface area contributed by atoms with Crippen LogP contribution in [0.15, 0.2) is 17.1 Å². The van der Waals surface area contributed by atoms with Gasteiger partial charge in [0.05, 0.1) is 0 Å². The summed E-state index contributed by atoms with van der Waals surface area (Å²) in [6, 6.07) is 1.91. The molecule has 1 fully saturated rings. The summed E-state index contributed by atoms with van der Waals surface area (Å²) in [6.07, 6.45) is 3.74. The molecule has 0 N–H and O–H groups in total. The molecule has 1 aromatic rings. The Balaban J connectivity index is 2.23. The van der Waals surface area contributed by atoms with Crippen molar-refractivity contribution in [3.05, 3.63) is 33.7 Å². The lowest BCUT2D eigenvalue weighted by molar-refractivity contribution is 0.0633. The van der Waals surface area contributed by atoms with Gasteiger partial charge in [-0.05, 0) is 33.9 Å². The summed E-state index contributed by atoms with van der Waals surface area (Å²) < 4.78 is 1.82. The van der Waals surface area contributed by atoms with Gasteiger partial charge in [0, 0.05) is 44.1 Å². The summed E-state index contributed by atoms with van der Waals surface area (Å²) >= 11 is 0. The van der Waals surface area contributed by atoms with Crippen LogP contribution in [0.2, 0.25) is 0 Å². The molecule has 0 unspecified atom stereocenters. The molecule has 1 aliphatic rings. The maximum absolute atomic E-state index is 12.5. The Kier molecular flexibility index (Phi) is 4.28. The van der Waals surface area contributed by atoms with Crippen molar-refractivity contribution in [2.24, 2.45) is 7.05 Å². The third-order valence-electron chi connectivity index (χ3n) is 4.13. The third kappa shape index (κ3) is 2.93. The van der Waals surface area contributed by atoms with Crippen molar-refractivity contribution in [1.29, 1.82) is 0 Å². The van der Waals surface area contributed by atoms with Crippen LogP contribution in [-0.2, 0) is 7.05 Å². The van der Waals surface area contributed by atoms with Crippen molar-refractivity contribution in [3.63, 3.8) is 0 Å². The number of likely N-dealkylation sites (N-methyl/N-ethyl adjacent to an activating group) is 1. The molecular weight excluding hydrogens is 254 g/mol. The number of rotatable bonds is 2. The van der Waals surface area contributed by atoms with Crippen LogP contribution in [0, 0.1) is 6.92 Å². The first-order valence-corrected chi connectivity index (χ1v) is 7.03. The number of piperidine rings is 1. The number of likely N-dealkylation sites (tertiary alicyclic amines) is 1. The zero-order chi connectivity index (χ0) is 14.9. The van der Waals surface area contributed by atoms with E-state index in [0.29, 0.717) is 12.6 Å². The monoisotopic (exact) mass is 277 g/mol. The number of carbonyl (C=O) groups is 1. The summed E-state index contributed by atoms with van der Waals surface area (Å²) in [4.78, 5) is 28.5. The van der Waals surface area contributed by atoms with E-state index >= 15 is 0 Å². The number of hydrogen-bond donors (Lipinski definition) is 0. The van der Waals surface area contributed by atoms with E-state index < -0.39 is 0 Å². The molecule has 110 valence electrons. The fraction of sp³-hybridized carbons (Fsp3) is 0.600. The SMILES string of the molecule is Cc1cc(=O)c(C(=O)N2CCC[C@@H](N(C)C)C2)cn1C. The first-order chi connectivity index (χ1) is 9.40. The van der Waals surface area contributed by atoms with E-state index in [1.54, 1.807) is 11.1 Å². The van der Waals surface area contributed by atoms with Gasteiger partial charge >= 0.3 is 0 Å². The van der Waals surface area contributed by atoms with Crippen LogP contribution in [0.1, 0.15) is 28.9 Å². The zero-order valence-corrected chi connectivity index (χ0v) is 12.7. The Morgan fingerprint density at radius 3 is 2.75 bits per heavy atom. The Bertz CT molecular complexity index is 563. The van der Waals surface area contributed by atoms with Crippen molar-refractivity contribution in [3.8, 4) is 0 Å². The van der Waals surface area contributed by atoms with E-state index in [9.17, 15) is 9.59 Å². The second-order valence-corrected chi connectivity index (χ2v) is 5.81. The van der Waals surface area contributed by atoms with Crippen molar-refractivity contribution >= 4 is 5.91 Å². The molecule has 1 aromatic heterocycles. The van der Waals surface area contributed by atoms with E-state index in [1.807, 2.05) is 32.6 Å². The predicted octanol–water partition coefficient (Wildman–Crippen LogP) is 0.860. The fourth-order valence-corrected chi connectivity index (χ4v) is 2.62. The van der Waals surface area contributed by atoms with Crippen molar-refractivity contribution < 1.29 is 4.79 Å². The maximum Gasteiger partial charge on any atom is 0.259 e. The molecule has 1 atom stereocenters. The van der Waals surface area contributed by atoms with Crippen LogP contribution in [0.5, 0.6) is 0 Å². The summed E-state index contributed by atoms with van der Waals surface area (Å²) in [7, 11) is 5.91. The maximum atomic E-state index is 12.5. The second-order valence-electron chi connectivity index (χ2n) is 5.81. The molecule has 0 aromatic carbocycles. The first-order valence-electron chi connectivity index (χ1n) is 7.03. The van der Waals surface area contributed by atoms with Crippen molar-refractivity contribution in [2.45, 2.75) is 25.8 Å². The van der Waals surface area contributed by atoms with Gasteiger partial charge in [0.1, 0.15) is 5.56 Å². The van der Waals surface area contributed by atoms with E-state index in [0.717, 1.165) is 25.1 Å². The molecule has 2 rings (SSSR count). The highest BCUT2D eigenvalue weighted by atomic mass is 16.2. The number of pyridine rings is 1.